The van der Waals surface area contributed by atoms with Crippen LogP contribution in [0.3, 0.4) is 0 Å². The van der Waals surface area contributed by atoms with E-state index >= 15 is 0 Å². The Morgan fingerprint density at radius 1 is 1.00 bits per heavy atom. The van der Waals surface area contributed by atoms with Crippen molar-refractivity contribution in [3.05, 3.63) is 89.5 Å². The third-order valence-corrected chi connectivity index (χ3v) is 4.90. The number of fused-ring (bicyclic) bond motifs is 1. The van der Waals surface area contributed by atoms with Crippen molar-refractivity contribution in [3.8, 4) is 11.5 Å². The van der Waals surface area contributed by atoms with E-state index in [1.165, 1.54) is 7.11 Å². The van der Waals surface area contributed by atoms with Gasteiger partial charge in [-0.05, 0) is 35.4 Å². The molecule has 3 aromatic carbocycles. The first-order valence-electron chi connectivity index (χ1n) is 9.88. The smallest absolute Gasteiger partial charge is 0.258 e. The van der Waals surface area contributed by atoms with E-state index in [0.717, 1.165) is 22.4 Å². The molecule has 4 rings (SSSR count). The van der Waals surface area contributed by atoms with E-state index in [0.29, 0.717) is 23.6 Å². The van der Waals surface area contributed by atoms with Gasteiger partial charge in [-0.25, -0.2) is 0 Å². The van der Waals surface area contributed by atoms with Crippen LogP contribution in [0, 0.1) is 0 Å². The summed E-state index contributed by atoms with van der Waals surface area (Å²) in [6, 6.07) is 22.5. The molecule has 31 heavy (non-hydrogen) atoms. The van der Waals surface area contributed by atoms with Crippen LogP contribution < -0.4 is 20.1 Å². The van der Waals surface area contributed by atoms with Crippen LogP contribution in [0.4, 0.5) is 5.69 Å². The molecule has 6 nitrogen and oxygen atoms in total. The fourth-order valence-electron chi connectivity index (χ4n) is 3.33. The predicted octanol–water partition coefficient (Wildman–Crippen LogP) is 3.88. The molecule has 0 saturated carbocycles. The Bertz CT molecular complexity index is 1140. The topological polar surface area (TPSA) is 76.7 Å². The van der Waals surface area contributed by atoms with Gasteiger partial charge in [-0.2, -0.15) is 0 Å². The first-order valence-corrected chi connectivity index (χ1v) is 9.88. The van der Waals surface area contributed by atoms with Crippen molar-refractivity contribution in [2.24, 2.45) is 0 Å². The molecule has 0 atom stereocenters. The van der Waals surface area contributed by atoms with Gasteiger partial charge in [0, 0.05) is 23.4 Å². The van der Waals surface area contributed by atoms with Gasteiger partial charge in [0.2, 0.25) is 0 Å². The monoisotopic (exact) mass is 414 g/mol. The van der Waals surface area contributed by atoms with Crippen LogP contribution in [0.1, 0.15) is 16.7 Å². The Morgan fingerprint density at radius 2 is 1.77 bits per heavy atom. The van der Waals surface area contributed by atoms with Crippen molar-refractivity contribution in [1.82, 2.24) is 5.32 Å². The van der Waals surface area contributed by atoms with Crippen molar-refractivity contribution >= 4 is 29.2 Å². The minimum Gasteiger partial charge on any atom is -0.493 e. The highest BCUT2D eigenvalue weighted by Crippen LogP contribution is 2.34. The third-order valence-electron chi connectivity index (χ3n) is 4.90. The van der Waals surface area contributed by atoms with E-state index in [1.807, 2.05) is 60.7 Å². The Labute approximate surface area is 180 Å². The first kappa shape index (κ1) is 20.2. The number of nitrogens with one attached hydrogen (secondary N) is 2. The number of carbonyl (C=O) groups is 2. The second-order valence-electron chi connectivity index (χ2n) is 7.02. The van der Waals surface area contributed by atoms with E-state index < -0.39 is 0 Å². The molecule has 0 bridgehead atoms. The first-order chi connectivity index (χ1) is 15.1. The summed E-state index contributed by atoms with van der Waals surface area (Å²) >= 11 is 0. The maximum atomic E-state index is 12.3. The highest BCUT2D eigenvalue weighted by Gasteiger charge is 2.23. The number of ether oxygens (including phenoxy) is 2. The highest BCUT2D eigenvalue weighted by molar-refractivity contribution is 6.34. The van der Waals surface area contributed by atoms with Crippen LogP contribution >= 0.6 is 0 Å². The average Bonchev–Trinajstić information content (AvgIpc) is 3.12. The van der Waals surface area contributed by atoms with Crippen LogP contribution in [0.25, 0.3) is 11.6 Å². The average molecular weight is 414 g/mol. The van der Waals surface area contributed by atoms with Gasteiger partial charge < -0.3 is 20.1 Å². The summed E-state index contributed by atoms with van der Waals surface area (Å²) < 4.78 is 11.1. The summed E-state index contributed by atoms with van der Waals surface area (Å²) in [5.41, 5.74) is 4.06. The van der Waals surface area contributed by atoms with E-state index in [-0.39, 0.29) is 18.4 Å². The van der Waals surface area contributed by atoms with Gasteiger partial charge in [-0.1, -0.05) is 54.6 Å². The molecule has 1 aliphatic rings. The Hall–Kier alpha value is -4.06. The minimum absolute atomic E-state index is 0.126. The molecule has 6 heteroatoms. The van der Waals surface area contributed by atoms with Crippen LogP contribution in [-0.2, 0) is 16.1 Å². The molecule has 1 heterocycles. The number of rotatable bonds is 7. The Morgan fingerprint density at radius 3 is 2.58 bits per heavy atom. The molecule has 0 aromatic heterocycles. The molecule has 0 saturated heterocycles. The van der Waals surface area contributed by atoms with Crippen LogP contribution in [0.2, 0.25) is 0 Å². The number of methoxy groups -OCH3 is 1. The molecule has 156 valence electrons. The molecule has 0 aliphatic carbocycles. The van der Waals surface area contributed by atoms with Crippen LogP contribution in [0.5, 0.6) is 11.5 Å². The molecule has 0 fully saturated rings. The number of anilines is 1. The molecule has 2 amide bonds. The van der Waals surface area contributed by atoms with E-state index in [2.05, 4.69) is 10.6 Å². The lowest BCUT2D eigenvalue weighted by Gasteiger charge is -2.12. The summed E-state index contributed by atoms with van der Waals surface area (Å²) in [6.07, 6.45) is 1.81. The van der Waals surface area contributed by atoms with Gasteiger partial charge in [0.05, 0.1) is 7.11 Å². The highest BCUT2D eigenvalue weighted by atomic mass is 16.5. The lowest BCUT2D eigenvalue weighted by Crippen LogP contribution is -2.28. The zero-order chi connectivity index (χ0) is 21.6. The minimum atomic E-state index is -0.226. The van der Waals surface area contributed by atoms with Crippen LogP contribution in [-0.4, -0.2) is 25.5 Å². The quantitative estimate of drug-likeness (QED) is 0.575. The number of benzene rings is 3. The zero-order valence-corrected chi connectivity index (χ0v) is 17.1. The summed E-state index contributed by atoms with van der Waals surface area (Å²) in [7, 11) is 1.53. The lowest BCUT2D eigenvalue weighted by atomic mass is 10.0. The predicted molar refractivity (Wildman–Crippen MR) is 120 cm³/mol. The number of para-hydroxylation sites is 1. The summed E-state index contributed by atoms with van der Waals surface area (Å²) in [5.74, 6) is 0.569. The summed E-state index contributed by atoms with van der Waals surface area (Å²) in [5, 5.41) is 5.68. The van der Waals surface area contributed by atoms with Crippen molar-refractivity contribution in [3.63, 3.8) is 0 Å². The van der Waals surface area contributed by atoms with E-state index in [4.69, 9.17) is 9.47 Å². The molecular formula is C25H22N2O4. The van der Waals surface area contributed by atoms with Gasteiger partial charge in [-0.15, -0.1) is 0 Å². The molecule has 2 N–H and O–H groups in total. The molecule has 3 aromatic rings. The van der Waals surface area contributed by atoms with Gasteiger partial charge in [0.15, 0.2) is 18.1 Å². The maximum Gasteiger partial charge on any atom is 0.258 e. The number of amides is 2. The molecule has 0 unspecified atom stereocenters. The standard InChI is InChI=1S/C25H22N2O4/c1-30-23-14-18(13-20-19-9-5-6-10-21(19)27-25(20)29)11-12-22(23)31-16-24(28)26-15-17-7-3-2-4-8-17/h2-14H,15-16H2,1H3,(H,26,28)(H,27,29)/b20-13+. The third kappa shape index (κ3) is 4.75. The number of hydrogen-bond donors (Lipinski definition) is 2. The molecule has 0 spiro atoms. The fraction of sp³-hybridized carbons (Fsp3) is 0.120. The molecule has 1 aliphatic heterocycles. The van der Waals surface area contributed by atoms with E-state index in [9.17, 15) is 9.59 Å². The van der Waals surface area contributed by atoms with Crippen molar-refractivity contribution in [2.75, 3.05) is 19.0 Å². The van der Waals surface area contributed by atoms with Gasteiger partial charge in [0.1, 0.15) is 0 Å². The SMILES string of the molecule is COc1cc(/C=C2/C(=O)Nc3ccccc32)ccc1OCC(=O)NCc1ccccc1. The van der Waals surface area contributed by atoms with Crippen molar-refractivity contribution in [1.29, 1.82) is 0 Å². The van der Waals surface area contributed by atoms with E-state index in [1.54, 1.807) is 18.2 Å². The second-order valence-corrected chi connectivity index (χ2v) is 7.02. The Balaban J connectivity index is 1.43. The Kier molecular flexibility index (Phi) is 5.98. The lowest BCUT2D eigenvalue weighted by molar-refractivity contribution is -0.123. The molecule has 0 radical (unpaired) electrons. The van der Waals surface area contributed by atoms with Crippen molar-refractivity contribution in [2.45, 2.75) is 6.54 Å². The van der Waals surface area contributed by atoms with Gasteiger partial charge in [0.25, 0.3) is 11.8 Å². The summed E-state index contributed by atoms with van der Waals surface area (Å²) in [6.45, 7) is 0.315. The number of carbonyl (C=O) groups excluding carboxylic acids is 2. The maximum absolute atomic E-state index is 12.3. The van der Waals surface area contributed by atoms with Gasteiger partial charge in [-0.3, -0.25) is 9.59 Å². The normalized spacial score (nSPS) is 13.5. The zero-order valence-electron chi connectivity index (χ0n) is 17.1. The van der Waals surface area contributed by atoms with Gasteiger partial charge >= 0.3 is 0 Å². The number of hydrogen-bond acceptors (Lipinski definition) is 4. The van der Waals surface area contributed by atoms with Crippen molar-refractivity contribution < 1.29 is 19.1 Å². The largest absolute Gasteiger partial charge is 0.493 e. The second kappa shape index (κ2) is 9.17. The summed E-state index contributed by atoms with van der Waals surface area (Å²) in [4.78, 5) is 24.4. The van der Waals surface area contributed by atoms with Crippen LogP contribution in [0.15, 0.2) is 72.8 Å². The molecular weight excluding hydrogens is 392 g/mol. The fourth-order valence-corrected chi connectivity index (χ4v) is 3.33.